The van der Waals surface area contributed by atoms with E-state index in [1.54, 1.807) is 12.3 Å². The number of carbonyl (C=O) groups excluding carboxylic acids is 1. The highest BCUT2D eigenvalue weighted by Crippen LogP contribution is 2.22. The summed E-state index contributed by atoms with van der Waals surface area (Å²) >= 11 is 6.07. The number of rotatable bonds is 8. The van der Waals surface area contributed by atoms with E-state index in [1.807, 2.05) is 38.1 Å². The molecule has 6 nitrogen and oxygen atoms in total. The Morgan fingerprint density at radius 2 is 2.08 bits per heavy atom. The minimum absolute atomic E-state index is 0.0747. The third-order valence-electron chi connectivity index (χ3n) is 3.74. The molecule has 1 aromatic heterocycles. The second-order valence-corrected chi connectivity index (χ2v) is 6.13. The van der Waals surface area contributed by atoms with Crippen molar-refractivity contribution in [2.75, 3.05) is 25.0 Å². The van der Waals surface area contributed by atoms with Gasteiger partial charge < -0.3 is 20.4 Å². The second kappa shape index (κ2) is 10.5. The van der Waals surface area contributed by atoms with E-state index in [0.29, 0.717) is 30.5 Å². The van der Waals surface area contributed by atoms with Crippen LogP contribution in [-0.2, 0) is 11.2 Å². The van der Waals surface area contributed by atoms with Gasteiger partial charge >= 0.3 is 0 Å². The average Bonchev–Trinajstić information content (AvgIpc) is 3.12. The molecule has 2 aromatic rings. The summed E-state index contributed by atoms with van der Waals surface area (Å²) in [6.45, 7) is 5.72. The largest absolute Gasteiger partial charge is 0.469 e. The maximum absolute atomic E-state index is 12.1. The molecule has 0 bridgehead atoms. The van der Waals surface area contributed by atoms with E-state index < -0.39 is 0 Å². The van der Waals surface area contributed by atoms with Gasteiger partial charge in [0.15, 0.2) is 5.96 Å². The number of hydrogen-bond donors (Lipinski definition) is 3. The summed E-state index contributed by atoms with van der Waals surface area (Å²) in [5.41, 5.74) is 1.60. The topological polar surface area (TPSA) is 78.7 Å². The smallest absolute Gasteiger partial charge is 0.226 e. The zero-order valence-electron chi connectivity index (χ0n) is 15.1. The van der Waals surface area contributed by atoms with Gasteiger partial charge in [-0.05, 0) is 43.7 Å². The minimum Gasteiger partial charge on any atom is -0.469 e. The van der Waals surface area contributed by atoms with E-state index in [9.17, 15) is 4.79 Å². The Kier molecular flexibility index (Phi) is 8.02. The Hall–Kier alpha value is -2.47. The summed E-state index contributed by atoms with van der Waals surface area (Å²) in [6.07, 6.45) is 2.72. The van der Waals surface area contributed by atoms with Crippen LogP contribution >= 0.6 is 11.6 Å². The summed E-state index contributed by atoms with van der Waals surface area (Å²) in [7, 11) is 0. The number of anilines is 1. The molecular formula is C19H25ClN4O2. The number of halogens is 1. The number of guanidine groups is 1. The fourth-order valence-corrected chi connectivity index (χ4v) is 2.50. The van der Waals surface area contributed by atoms with Crippen molar-refractivity contribution in [3.8, 4) is 0 Å². The van der Waals surface area contributed by atoms with Gasteiger partial charge in [0.1, 0.15) is 5.76 Å². The molecule has 7 heteroatoms. The molecule has 1 aromatic carbocycles. The van der Waals surface area contributed by atoms with Crippen LogP contribution in [0.4, 0.5) is 5.69 Å². The number of amides is 1. The Balaban J connectivity index is 1.77. The van der Waals surface area contributed by atoms with Crippen molar-refractivity contribution < 1.29 is 9.21 Å². The van der Waals surface area contributed by atoms with Crippen LogP contribution in [0.3, 0.4) is 0 Å². The highest BCUT2D eigenvalue weighted by molar-refractivity contribution is 6.31. The van der Waals surface area contributed by atoms with Crippen molar-refractivity contribution in [3.05, 3.63) is 52.9 Å². The highest BCUT2D eigenvalue weighted by Gasteiger charge is 2.07. The number of carbonyl (C=O) groups is 1. The summed E-state index contributed by atoms with van der Waals surface area (Å²) in [6, 6.07) is 9.25. The van der Waals surface area contributed by atoms with Crippen LogP contribution < -0.4 is 16.0 Å². The molecule has 3 N–H and O–H groups in total. The normalized spacial score (nSPS) is 11.3. The lowest BCUT2D eigenvalue weighted by atomic mass is 10.2. The van der Waals surface area contributed by atoms with Gasteiger partial charge in [0.25, 0.3) is 0 Å². The summed E-state index contributed by atoms with van der Waals surface area (Å²) in [4.78, 5) is 16.6. The second-order valence-electron chi connectivity index (χ2n) is 5.73. The quantitative estimate of drug-likeness (QED) is 0.487. The van der Waals surface area contributed by atoms with E-state index in [0.717, 1.165) is 30.0 Å². The highest BCUT2D eigenvalue weighted by atomic mass is 35.5. The molecule has 0 atom stereocenters. The van der Waals surface area contributed by atoms with E-state index >= 15 is 0 Å². The van der Waals surface area contributed by atoms with Crippen molar-refractivity contribution in [2.45, 2.75) is 26.7 Å². The molecule has 1 amide bonds. The number of benzene rings is 1. The molecule has 0 fully saturated rings. The number of hydrogen-bond acceptors (Lipinski definition) is 3. The van der Waals surface area contributed by atoms with Crippen molar-refractivity contribution >= 4 is 29.2 Å². The first-order chi connectivity index (χ1) is 12.6. The average molecular weight is 377 g/mol. The molecule has 0 saturated heterocycles. The van der Waals surface area contributed by atoms with Gasteiger partial charge in [-0.1, -0.05) is 17.7 Å². The van der Waals surface area contributed by atoms with Crippen LogP contribution in [0.25, 0.3) is 0 Å². The Bertz CT molecular complexity index is 729. The molecular weight excluding hydrogens is 352 g/mol. The lowest BCUT2D eigenvalue weighted by Gasteiger charge is -2.12. The SMILES string of the molecule is CCNC(=NCCc1ccco1)NCCC(=O)Nc1cccc(Cl)c1C. The fraction of sp³-hybridized carbons (Fsp3) is 0.368. The third-order valence-corrected chi connectivity index (χ3v) is 4.15. The molecule has 2 rings (SSSR count). The van der Waals surface area contributed by atoms with Crippen LogP contribution in [-0.4, -0.2) is 31.5 Å². The Morgan fingerprint density at radius 1 is 1.23 bits per heavy atom. The summed E-state index contributed by atoms with van der Waals surface area (Å²) < 4.78 is 5.29. The predicted molar refractivity (Wildman–Crippen MR) is 106 cm³/mol. The number of furan rings is 1. The molecule has 0 aliphatic carbocycles. The van der Waals surface area contributed by atoms with Crippen molar-refractivity contribution in [3.63, 3.8) is 0 Å². The molecule has 0 aliphatic heterocycles. The first-order valence-corrected chi connectivity index (χ1v) is 9.07. The van der Waals surface area contributed by atoms with E-state index in [4.69, 9.17) is 16.0 Å². The molecule has 0 radical (unpaired) electrons. The first-order valence-electron chi connectivity index (χ1n) is 8.69. The van der Waals surface area contributed by atoms with Crippen LogP contribution in [0.2, 0.25) is 5.02 Å². The summed E-state index contributed by atoms with van der Waals surface area (Å²) in [5, 5.41) is 9.85. The van der Waals surface area contributed by atoms with Gasteiger partial charge in [-0.25, -0.2) is 0 Å². The standard InChI is InChI=1S/C19H25ClN4O2/c1-3-21-19(22-11-9-15-6-5-13-26-15)23-12-10-18(25)24-17-8-4-7-16(20)14(17)2/h4-8,13H,3,9-12H2,1-2H3,(H,24,25)(H2,21,22,23). The molecule has 0 unspecified atom stereocenters. The van der Waals surface area contributed by atoms with Gasteiger partial charge in [-0.3, -0.25) is 9.79 Å². The zero-order valence-corrected chi connectivity index (χ0v) is 15.9. The molecule has 1 heterocycles. The predicted octanol–water partition coefficient (Wildman–Crippen LogP) is 3.37. The van der Waals surface area contributed by atoms with Crippen LogP contribution in [0.5, 0.6) is 0 Å². The van der Waals surface area contributed by atoms with Gasteiger partial charge in [0.2, 0.25) is 5.91 Å². The monoisotopic (exact) mass is 376 g/mol. The maximum Gasteiger partial charge on any atom is 0.226 e. The van der Waals surface area contributed by atoms with Crippen molar-refractivity contribution in [2.24, 2.45) is 4.99 Å². The van der Waals surface area contributed by atoms with Gasteiger partial charge in [-0.2, -0.15) is 0 Å². The van der Waals surface area contributed by atoms with Gasteiger partial charge in [0.05, 0.1) is 6.26 Å². The first kappa shape index (κ1) is 19.8. The molecule has 26 heavy (non-hydrogen) atoms. The zero-order chi connectivity index (χ0) is 18.8. The Morgan fingerprint density at radius 3 is 2.81 bits per heavy atom. The van der Waals surface area contributed by atoms with Gasteiger partial charge in [0, 0.05) is 43.2 Å². The fourth-order valence-electron chi connectivity index (χ4n) is 2.32. The van der Waals surface area contributed by atoms with Gasteiger partial charge in [-0.15, -0.1) is 0 Å². The molecule has 140 valence electrons. The number of nitrogens with one attached hydrogen (secondary N) is 3. The lowest BCUT2D eigenvalue weighted by molar-refractivity contribution is -0.116. The van der Waals surface area contributed by atoms with E-state index in [2.05, 4.69) is 20.9 Å². The van der Waals surface area contributed by atoms with Crippen LogP contribution in [0.15, 0.2) is 46.0 Å². The Labute approximate surface area is 159 Å². The van der Waals surface area contributed by atoms with Crippen LogP contribution in [0.1, 0.15) is 24.7 Å². The maximum atomic E-state index is 12.1. The van der Waals surface area contributed by atoms with E-state index in [-0.39, 0.29) is 5.91 Å². The third kappa shape index (κ3) is 6.44. The van der Waals surface area contributed by atoms with Crippen molar-refractivity contribution in [1.29, 1.82) is 0 Å². The van der Waals surface area contributed by atoms with Crippen molar-refractivity contribution in [1.82, 2.24) is 10.6 Å². The molecule has 0 spiro atoms. The lowest BCUT2D eigenvalue weighted by Crippen LogP contribution is -2.38. The van der Waals surface area contributed by atoms with Crippen LogP contribution in [0, 0.1) is 6.92 Å². The summed E-state index contributed by atoms with van der Waals surface area (Å²) in [5.74, 6) is 1.51. The minimum atomic E-state index is -0.0747. The molecule has 0 aliphatic rings. The number of aliphatic imine (C=N–C) groups is 1. The number of nitrogens with zero attached hydrogens (tertiary/aromatic N) is 1. The molecule has 0 saturated carbocycles. The van der Waals surface area contributed by atoms with E-state index in [1.165, 1.54) is 0 Å².